The number of nitrogens with zero attached hydrogens (tertiary/aromatic N) is 3. The van der Waals surface area contributed by atoms with Gasteiger partial charge in [-0.2, -0.15) is 10.5 Å². The first-order valence-electron chi connectivity index (χ1n) is 8.92. The van der Waals surface area contributed by atoms with E-state index in [9.17, 15) is 27.2 Å². The maximum absolute atomic E-state index is 13.3. The van der Waals surface area contributed by atoms with Gasteiger partial charge in [0, 0.05) is 24.0 Å². The van der Waals surface area contributed by atoms with Crippen LogP contribution in [0.1, 0.15) is 42.3 Å². The van der Waals surface area contributed by atoms with Crippen molar-refractivity contribution >= 4 is 17.3 Å². The molecule has 1 amide bonds. The Labute approximate surface area is 178 Å². The van der Waals surface area contributed by atoms with E-state index in [0.29, 0.717) is 13.3 Å². The molecule has 11 heteroatoms. The lowest BCUT2D eigenvalue weighted by molar-refractivity contribution is -0.110. The number of alkyl halides is 2. The fraction of sp³-hybridized carbons (Fsp3) is 0.190. The highest BCUT2D eigenvalue weighted by Crippen LogP contribution is 2.27. The summed E-state index contributed by atoms with van der Waals surface area (Å²) in [7, 11) is 0. The number of carbonyl (C=O) groups is 1. The normalized spacial score (nSPS) is 11.5. The number of pyridine rings is 2. The standard InChI is InChI=1S/C12H7F3N2O.C9H8FN3O/c1-12(14,15)8-4-6-7(5-16)9(13)2-3-10(6)17-11(8)18;1-6(13-5-14)9-8(10)2-7(3-11)4-12-9/h2-4H,1H3,(H,17,18);2,4-6H,1H3,(H,13,14). The molecule has 1 aromatic carbocycles. The van der Waals surface area contributed by atoms with Crippen LogP contribution in [0.2, 0.25) is 0 Å². The third-order valence-electron chi connectivity index (χ3n) is 4.29. The van der Waals surface area contributed by atoms with Crippen molar-refractivity contribution in [3.05, 3.63) is 74.8 Å². The highest BCUT2D eigenvalue weighted by atomic mass is 19.3. The number of amides is 1. The van der Waals surface area contributed by atoms with E-state index in [-0.39, 0.29) is 27.7 Å². The Hall–Kier alpha value is -4.25. The number of hydrogen-bond donors (Lipinski definition) is 2. The number of carbonyl (C=O) groups excluding carboxylic acids is 1. The predicted molar refractivity (Wildman–Crippen MR) is 105 cm³/mol. The number of nitrogens with one attached hydrogen (secondary N) is 2. The molecule has 3 rings (SSSR count). The lowest BCUT2D eigenvalue weighted by Crippen LogP contribution is -2.22. The van der Waals surface area contributed by atoms with Crippen LogP contribution in [0.15, 0.2) is 35.3 Å². The smallest absolute Gasteiger partial charge is 0.275 e. The Morgan fingerprint density at radius 3 is 2.41 bits per heavy atom. The fourth-order valence-corrected chi connectivity index (χ4v) is 2.70. The van der Waals surface area contributed by atoms with Crippen LogP contribution in [-0.2, 0) is 10.7 Å². The van der Waals surface area contributed by atoms with E-state index in [2.05, 4.69) is 15.3 Å². The van der Waals surface area contributed by atoms with Gasteiger partial charge >= 0.3 is 0 Å². The van der Waals surface area contributed by atoms with Gasteiger partial charge < -0.3 is 10.3 Å². The summed E-state index contributed by atoms with van der Waals surface area (Å²) in [6.45, 7) is 2.17. The van der Waals surface area contributed by atoms with Gasteiger partial charge in [0.05, 0.1) is 28.4 Å². The third kappa shape index (κ3) is 5.26. The number of fused-ring (bicyclic) bond motifs is 1. The molecule has 2 heterocycles. The van der Waals surface area contributed by atoms with Gasteiger partial charge in [-0.05, 0) is 31.2 Å². The summed E-state index contributed by atoms with van der Waals surface area (Å²) in [6, 6.07) is 7.04. The lowest BCUT2D eigenvalue weighted by Gasteiger charge is -2.11. The number of halogens is 4. The van der Waals surface area contributed by atoms with E-state index in [4.69, 9.17) is 10.5 Å². The van der Waals surface area contributed by atoms with E-state index >= 15 is 0 Å². The molecule has 0 saturated carbocycles. The summed E-state index contributed by atoms with van der Waals surface area (Å²) in [6.07, 6.45) is 1.74. The van der Waals surface area contributed by atoms with E-state index in [1.807, 2.05) is 0 Å². The average Bonchev–Trinajstić information content (AvgIpc) is 2.73. The number of H-pyrrole nitrogens is 1. The first-order chi connectivity index (χ1) is 15.0. The van der Waals surface area contributed by atoms with E-state index in [1.165, 1.54) is 12.3 Å². The Kier molecular flexibility index (Phi) is 7.29. The van der Waals surface area contributed by atoms with E-state index in [1.54, 1.807) is 19.1 Å². The SMILES string of the molecule is CC(F)(F)c1cc2c(C#N)c(F)ccc2[nH]c1=O.CC(NC=O)c1ncc(C#N)cc1F. The minimum atomic E-state index is -3.36. The van der Waals surface area contributed by atoms with Gasteiger partial charge in [-0.1, -0.05) is 0 Å². The number of nitriles is 2. The van der Waals surface area contributed by atoms with Crippen LogP contribution in [-0.4, -0.2) is 16.4 Å². The number of aromatic nitrogens is 2. The highest BCUT2D eigenvalue weighted by molar-refractivity contribution is 5.85. The zero-order valence-electron chi connectivity index (χ0n) is 16.7. The number of hydrogen-bond acceptors (Lipinski definition) is 5. The minimum absolute atomic E-state index is 0.0337. The van der Waals surface area contributed by atoms with Crippen molar-refractivity contribution in [2.45, 2.75) is 25.8 Å². The van der Waals surface area contributed by atoms with E-state index < -0.39 is 34.7 Å². The third-order valence-corrected chi connectivity index (χ3v) is 4.29. The molecule has 0 radical (unpaired) electrons. The molecule has 0 bridgehead atoms. The summed E-state index contributed by atoms with van der Waals surface area (Å²) in [5.41, 5.74) is -1.69. The molecule has 32 heavy (non-hydrogen) atoms. The molecular weight excluding hydrogens is 430 g/mol. The molecule has 3 aromatic rings. The molecule has 1 atom stereocenters. The van der Waals surface area contributed by atoms with Crippen molar-refractivity contribution in [1.82, 2.24) is 15.3 Å². The van der Waals surface area contributed by atoms with E-state index in [0.717, 1.165) is 18.2 Å². The second-order valence-corrected chi connectivity index (χ2v) is 6.61. The average molecular weight is 445 g/mol. The summed E-state index contributed by atoms with van der Waals surface area (Å²) >= 11 is 0. The maximum Gasteiger partial charge on any atom is 0.275 e. The Morgan fingerprint density at radius 1 is 1.19 bits per heavy atom. The summed E-state index contributed by atoms with van der Waals surface area (Å²) in [5.74, 6) is -4.77. The Bertz CT molecular complexity index is 1300. The van der Waals surface area contributed by atoms with Gasteiger partial charge in [0.25, 0.3) is 11.5 Å². The Balaban J connectivity index is 0.000000235. The van der Waals surface area contributed by atoms with Crippen molar-refractivity contribution in [3.8, 4) is 12.1 Å². The van der Waals surface area contributed by atoms with Crippen molar-refractivity contribution < 1.29 is 22.4 Å². The monoisotopic (exact) mass is 445 g/mol. The van der Waals surface area contributed by atoms with Crippen LogP contribution < -0.4 is 10.9 Å². The van der Waals surface area contributed by atoms with Gasteiger partial charge in [-0.15, -0.1) is 0 Å². The van der Waals surface area contributed by atoms with Crippen LogP contribution >= 0.6 is 0 Å². The predicted octanol–water partition coefficient (Wildman–Crippen LogP) is 3.55. The van der Waals surface area contributed by atoms with Gasteiger partial charge in [0.2, 0.25) is 6.41 Å². The molecule has 1 unspecified atom stereocenters. The zero-order chi connectivity index (χ0) is 24.1. The number of benzene rings is 1. The van der Waals surface area contributed by atoms with Crippen LogP contribution in [0.25, 0.3) is 10.9 Å². The minimum Gasteiger partial charge on any atom is -0.350 e. The second kappa shape index (κ2) is 9.71. The summed E-state index contributed by atoms with van der Waals surface area (Å²) in [5, 5.41) is 19.6. The van der Waals surface area contributed by atoms with Gasteiger partial charge in [0.1, 0.15) is 23.8 Å². The van der Waals surface area contributed by atoms with Crippen molar-refractivity contribution in [2.24, 2.45) is 0 Å². The second-order valence-electron chi connectivity index (χ2n) is 6.61. The van der Waals surface area contributed by atoms with Crippen LogP contribution in [0.3, 0.4) is 0 Å². The molecule has 164 valence electrons. The van der Waals surface area contributed by atoms with Crippen LogP contribution in [0, 0.1) is 34.3 Å². The number of rotatable bonds is 4. The first-order valence-corrected chi connectivity index (χ1v) is 8.92. The lowest BCUT2D eigenvalue weighted by atomic mass is 10.0. The Morgan fingerprint density at radius 2 is 1.88 bits per heavy atom. The van der Waals surface area contributed by atoms with Crippen LogP contribution in [0.4, 0.5) is 17.6 Å². The quantitative estimate of drug-likeness (QED) is 0.470. The van der Waals surface area contributed by atoms with Gasteiger partial charge in [-0.25, -0.2) is 17.6 Å². The molecule has 2 N–H and O–H groups in total. The molecular formula is C21H15F4N5O2. The van der Waals surface area contributed by atoms with Crippen molar-refractivity contribution in [3.63, 3.8) is 0 Å². The topological polar surface area (TPSA) is 122 Å². The fourth-order valence-electron chi connectivity index (χ4n) is 2.70. The molecule has 0 aliphatic rings. The molecule has 0 aliphatic heterocycles. The molecule has 0 fully saturated rings. The van der Waals surface area contributed by atoms with Gasteiger partial charge in [-0.3, -0.25) is 14.6 Å². The molecule has 0 aliphatic carbocycles. The first kappa shape index (κ1) is 24.0. The summed E-state index contributed by atoms with van der Waals surface area (Å²) < 4.78 is 53.0. The largest absolute Gasteiger partial charge is 0.350 e. The molecule has 7 nitrogen and oxygen atoms in total. The molecule has 2 aromatic heterocycles. The van der Waals surface area contributed by atoms with Crippen molar-refractivity contribution in [1.29, 1.82) is 10.5 Å². The summed E-state index contributed by atoms with van der Waals surface area (Å²) in [4.78, 5) is 27.5. The highest BCUT2D eigenvalue weighted by Gasteiger charge is 2.28. The van der Waals surface area contributed by atoms with Crippen molar-refractivity contribution in [2.75, 3.05) is 0 Å². The molecule has 0 saturated heterocycles. The maximum atomic E-state index is 13.3. The van der Waals surface area contributed by atoms with Crippen LogP contribution in [0.5, 0.6) is 0 Å². The molecule has 0 spiro atoms. The van der Waals surface area contributed by atoms with Gasteiger partial charge in [0.15, 0.2) is 0 Å². The zero-order valence-corrected chi connectivity index (χ0v) is 16.7. The number of aromatic amines is 1.